The first-order valence-corrected chi connectivity index (χ1v) is 8.85. The van der Waals surface area contributed by atoms with Crippen molar-refractivity contribution in [2.75, 3.05) is 13.2 Å². The molecule has 2 aromatic rings. The largest absolute Gasteiger partial charge is 0.491 e. The molecular formula is C21H22N2O4. The second kappa shape index (κ2) is 7.61. The van der Waals surface area contributed by atoms with Gasteiger partial charge in [-0.1, -0.05) is 29.8 Å². The van der Waals surface area contributed by atoms with Gasteiger partial charge < -0.3 is 10.1 Å². The van der Waals surface area contributed by atoms with Crippen molar-refractivity contribution in [3.63, 3.8) is 0 Å². The Morgan fingerprint density at radius 1 is 1.07 bits per heavy atom. The minimum Gasteiger partial charge on any atom is -0.491 e. The lowest BCUT2D eigenvalue weighted by Gasteiger charge is -2.21. The molecule has 0 bridgehead atoms. The first kappa shape index (κ1) is 18.6. The van der Waals surface area contributed by atoms with Crippen molar-refractivity contribution in [3.8, 4) is 5.75 Å². The Morgan fingerprint density at radius 2 is 1.70 bits per heavy atom. The fraction of sp³-hybridized carbons (Fsp3) is 0.286. The zero-order valence-corrected chi connectivity index (χ0v) is 15.6. The van der Waals surface area contributed by atoms with Crippen molar-refractivity contribution in [3.05, 3.63) is 64.7 Å². The molecule has 6 heteroatoms. The number of amides is 3. The molecule has 0 aromatic heterocycles. The average molecular weight is 366 g/mol. The fourth-order valence-electron chi connectivity index (χ4n) is 3.12. The SMILES string of the molecule is Cc1ccc(OCCNC(=O)[C@H](C)N2C(=O)c3ccccc3C2=O)c(C)c1. The number of hydrogen-bond donors (Lipinski definition) is 1. The Balaban J connectivity index is 1.54. The summed E-state index contributed by atoms with van der Waals surface area (Å²) in [4.78, 5) is 38.3. The molecule has 1 N–H and O–H groups in total. The van der Waals surface area contributed by atoms with Gasteiger partial charge >= 0.3 is 0 Å². The predicted octanol–water partition coefficient (Wildman–Crippen LogP) is 2.48. The Labute approximate surface area is 158 Å². The molecule has 140 valence electrons. The molecule has 0 unspecified atom stereocenters. The fourth-order valence-corrected chi connectivity index (χ4v) is 3.12. The first-order chi connectivity index (χ1) is 12.9. The second-order valence-corrected chi connectivity index (χ2v) is 6.61. The molecule has 0 fully saturated rings. The quantitative estimate of drug-likeness (QED) is 0.629. The van der Waals surface area contributed by atoms with Gasteiger partial charge in [0, 0.05) is 0 Å². The maximum atomic E-state index is 12.4. The number of carbonyl (C=O) groups is 3. The molecule has 0 saturated heterocycles. The van der Waals surface area contributed by atoms with E-state index >= 15 is 0 Å². The van der Waals surface area contributed by atoms with Crippen LogP contribution in [-0.4, -0.2) is 41.8 Å². The third kappa shape index (κ3) is 3.69. The molecular weight excluding hydrogens is 344 g/mol. The van der Waals surface area contributed by atoms with Gasteiger partial charge in [0.1, 0.15) is 18.4 Å². The summed E-state index contributed by atoms with van der Waals surface area (Å²) >= 11 is 0. The number of hydrogen-bond acceptors (Lipinski definition) is 4. The van der Waals surface area contributed by atoms with Crippen LogP contribution in [0.15, 0.2) is 42.5 Å². The van der Waals surface area contributed by atoms with Crippen LogP contribution in [0.25, 0.3) is 0 Å². The second-order valence-electron chi connectivity index (χ2n) is 6.61. The summed E-state index contributed by atoms with van der Waals surface area (Å²) in [6.45, 7) is 6.09. The molecule has 1 aliphatic heterocycles. The van der Waals surface area contributed by atoms with Crippen LogP contribution in [0.5, 0.6) is 5.75 Å². The van der Waals surface area contributed by atoms with Gasteiger partial charge in [0.2, 0.25) is 5.91 Å². The zero-order valence-electron chi connectivity index (χ0n) is 15.6. The van der Waals surface area contributed by atoms with E-state index in [0.29, 0.717) is 17.7 Å². The molecule has 0 radical (unpaired) electrons. The van der Waals surface area contributed by atoms with Gasteiger partial charge in [-0.2, -0.15) is 0 Å². The molecule has 3 rings (SSSR count). The summed E-state index contributed by atoms with van der Waals surface area (Å²) in [5, 5.41) is 2.72. The van der Waals surface area contributed by atoms with E-state index in [9.17, 15) is 14.4 Å². The molecule has 27 heavy (non-hydrogen) atoms. The molecule has 3 amide bonds. The number of carbonyl (C=O) groups excluding carboxylic acids is 3. The molecule has 1 heterocycles. The standard InChI is InChI=1S/C21H22N2O4/c1-13-8-9-18(14(2)12-13)27-11-10-22-19(24)15(3)23-20(25)16-6-4-5-7-17(16)21(23)26/h4-9,12,15H,10-11H2,1-3H3,(H,22,24)/t15-/m0/s1. The van der Waals surface area contributed by atoms with Gasteiger partial charge in [0.25, 0.3) is 11.8 Å². The average Bonchev–Trinajstić information content (AvgIpc) is 2.90. The maximum absolute atomic E-state index is 12.4. The first-order valence-electron chi connectivity index (χ1n) is 8.85. The van der Waals surface area contributed by atoms with Crippen LogP contribution in [-0.2, 0) is 4.79 Å². The number of benzene rings is 2. The maximum Gasteiger partial charge on any atom is 0.262 e. The number of nitrogens with zero attached hydrogens (tertiary/aromatic N) is 1. The molecule has 0 saturated carbocycles. The monoisotopic (exact) mass is 366 g/mol. The Bertz CT molecular complexity index is 872. The Morgan fingerprint density at radius 3 is 2.30 bits per heavy atom. The van der Waals surface area contributed by atoms with Gasteiger partial charge in [0.15, 0.2) is 0 Å². The van der Waals surface area contributed by atoms with E-state index in [-0.39, 0.29) is 6.54 Å². The number of rotatable bonds is 6. The molecule has 0 aliphatic carbocycles. The number of fused-ring (bicyclic) bond motifs is 1. The predicted molar refractivity (Wildman–Crippen MR) is 101 cm³/mol. The molecule has 0 spiro atoms. The van der Waals surface area contributed by atoms with E-state index < -0.39 is 23.8 Å². The highest BCUT2D eigenvalue weighted by Crippen LogP contribution is 2.24. The normalized spacial score (nSPS) is 14.1. The van der Waals surface area contributed by atoms with Crippen molar-refractivity contribution in [2.45, 2.75) is 26.8 Å². The zero-order chi connectivity index (χ0) is 19.6. The van der Waals surface area contributed by atoms with Crippen molar-refractivity contribution in [1.82, 2.24) is 10.2 Å². The minimum atomic E-state index is -0.890. The molecule has 1 aliphatic rings. The van der Waals surface area contributed by atoms with Crippen LogP contribution in [0.3, 0.4) is 0 Å². The molecule has 6 nitrogen and oxygen atoms in total. The van der Waals surface area contributed by atoms with E-state index in [4.69, 9.17) is 4.74 Å². The summed E-state index contributed by atoms with van der Waals surface area (Å²) in [5.74, 6) is -0.508. The van der Waals surface area contributed by atoms with Crippen molar-refractivity contribution >= 4 is 17.7 Å². The topological polar surface area (TPSA) is 75.7 Å². The van der Waals surface area contributed by atoms with Crippen LogP contribution in [0.4, 0.5) is 0 Å². The van der Waals surface area contributed by atoms with E-state index in [1.54, 1.807) is 31.2 Å². The van der Waals surface area contributed by atoms with E-state index in [1.807, 2.05) is 32.0 Å². The van der Waals surface area contributed by atoms with E-state index in [2.05, 4.69) is 5.32 Å². The lowest BCUT2D eigenvalue weighted by atomic mass is 10.1. The Kier molecular flexibility index (Phi) is 5.26. The third-order valence-electron chi connectivity index (χ3n) is 4.58. The lowest BCUT2D eigenvalue weighted by molar-refractivity contribution is -0.124. The van der Waals surface area contributed by atoms with Gasteiger partial charge in [-0.15, -0.1) is 0 Å². The van der Waals surface area contributed by atoms with E-state index in [0.717, 1.165) is 21.8 Å². The van der Waals surface area contributed by atoms with Gasteiger partial charge in [0.05, 0.1) is 17.7 Å². The van der Waals surface area contributed by atoms with E-state index in [1.165, 1.54) is 0 Å². The van der Waals surface area contributed by atoms with Gasteiger partial charge in [-0.3, -0.25) is 19.3 Å². The smallest absolute Gasteiger partial charge is 0.262 e. The number of imide groups is 1. The number of aryl methyl sites for hydroxylation is 2. The summed E-state index contributed by atoms with van der Waals surface area (Å²) in [6, 6.07) is 11.6. The van der Waals surface area contributed by atoms with Crippen LogP contribution >= 0.6 is 0 Å². The van der Waals surface area contributed by atoms with Crippen LogP contribution in [0.1, 0.15) is 38.8 Å². The molecule has 1 atom stereocenters. The van der Waals surface area contributed by atoms with Crippen LogP contribution < -0.4 is 10.1 Å². The minimum absolute atomic E-state index is 0.277. The Hall–Kier alpha value is -3.15. The number of ether oxygens (including phenoxy) is 1. The summed E-state index contributed by atoms with van der Waals surface area (Å²) < 4.78 is 5.68. The highest BCUT2D eigenvalue weighted by molar-refractivity contribution is 6.22. The number of nitrogens with one attached hydrogen (secondary N) is 1. The van der Waals surface area contributed by atoms with Crippen molar-refractivity contribution in [2.24, 2.45) is 0 Å². The molecule has 2 aromatic carbocycles. The van der Waals surface area contributed by atoms with Crippen LogP contribution in [0.2, 0.25) is 0 Å². The summed E-state index contributed by atoms with van der Waals surface area (Å²) in [7, 11) is 0. The highest BCUT2D eigenvalue weighted by atomic mass is 16.5. The van der Waals surface area contributed by atoms with Crippen molar-refractivity contribution in [1.29, 1.82) is 0 Å². The van der Waals surface area contributed by atoms with Gasteiger partial charge in [-0.25, -0.2) is 0 Å². The third-order valence-corrected chi connectivity index (χ3v) is 4.58. The summed E-state index contributed by atoms with van der Waals surface area (Å²) in [5.41, 5.74) is 2.85. The lowest BCUT2D eigenvalue weighted by Crippen LogP contribution is -2.48. The van der Waals surface area contributed by atoms with Crippen molar-refractivity contribution < 1.29 is 19.1 Å². The highest BCUT2D eigenvalue weighted by Gasteiger charge is 2.40. The summed E-state index contributed by atoms with van der Waals surface area (Å²) in [6.07, 6.45) is 0. The van der Waals surface area contributed by atoms with Crippen LogP contribution in [0, 0.1) is 13.8 Å². The van der Waals surface area contributed by atoms with Gasteiger partial charge in [-0.05, 0) is 44.5 Å².